The van der Waals surface area contributed by atoms with E-state index >= 15 is 0 Å². The maximum absolute atomic E-state index is 12.2. The molecule has 0 N–H and O–H groups in total. The van der Waals surface area contributed by atoms with Crippen LogP contribution in [0.15, 0.2) is 68.7 Å². The molecule has 1 saturated carbocycles. The van der Waals surface area contributed by atoms with Crippen molar-refractivity contribution in [3.05, 3.63) is 68.7 Å². The topological polar surface area (TPSA) is 17.1 Å². The van der Waals surface area contributed by atoms with Crippen molar-refractivity contribution in [1.82, 2.24) is 0 Å². The molecule has 0 aliphatic heterocycles. The number of rotatable bonds is 4. The molecule has 0 spiro atoms. The highest BCUT2D eigenvalue weighted by Gasteiger charge is 2.18. The highest BCUT2D eigenvalue weighted by Crippen LogP contribution is 2.24. The second-order valence-corrected chi connectivity index (χ2v) is 6.26. The normalized spacial score (nSPS) is 19.7. The van der Waals surface area contributed by atoms with Crippen molar-refractivity contribution in [2.75, 3.05) is 0 Å². The van der Waals surface area contributed by atoms with Crippen molar-refractivity contribution in [2.24, 2.45) is 0 Å². The molecule has 0 aromatic carbocycles. The van der Waals surface area contributed by atoms with Gasteiger partial charge in [-0.15, -0.1) is 0 Å². The number of carbonyl (C=O) groups is 1. The minimum atomic E-state index is 0.0671. The summed E-state index contributed by atoms with van der Waals surface area (Å²) < 4.78 is 0.354. The van der Waals surface area contributed by atoms with Gasteiger partial charge in [-0.2, -0.15) is 0 Å². The molecule has 0 amide bonds. The predicted molar refractivity (Wildman–Crippen MR) is 92.9 cm³/mol. The van der Waals surface area contributed by atoms with Crippen LogP contribution >= 0.6 is 46.4 Å². The van der Waals surface area contributed by atoms with Crippen molar-refractivity contribution in [3.63, 3.8) is 0 Å². The second-order valence-electron chi connectivity index (χ2n) is 4.25. The Morgan fingerprint density at radius 2 is 1.19 bits per heavy atom. The lowest BCUT2D eigenvalue weighted by molar-refractivity contribution is -0.113. The Hall–Kier alpha value is -0.730. The number of allylic oxidation sites excluding steroid dienone is 10. The second kappa shape index (κ2) is 10.1. The van der Waals surface area contributed by atoms with Crippen LogP contribution in [0.2, 0.25) is 0 Å². The summed E-state index contributed by atoms with van der Waals surface area (Å²) in [6, 6.07) is 0. The van der Waals surface area contributed by atoms with Gasteiger partial charge in [-0.05, 0) is 42.6 Å². The Labute approximate surface area is 144 Å². The van der Waals surface area contributed by atoms with Gasteiger partial charge < -0.3 is 0 Å². The number of carbonyl (C=O) groups excluding carboxylic acids is 1. The Bertz CT molecular complexity index is 507. The van der Waals surface area contributed by atoms with Gasteiger partial charge in [-0.3, -0.25) is 4.79 Å². The molecule has 21 heavy (non-hydrogen) atoms. The van der Waals surface area contributed by atoms with Crippen LogP contribution in [-0.2, 0) is 4.79 Å². The summed E-state index contributed by atoms with van der Waals surface area (Å²) in [7, 11) is 0. The van der Waals surface area contributed by atoms with E-state index in [-0.39, 0.29) is 14.8 Å². The lowest BCUT2D eigenvalue weighted by Crippen LogP contribution is -2.12. The highest BCUT2D eigenvalue weighted by molar-refractivity contribution is 6.56. The molecular weight excluding hydrogens is 350 g/mol. The Balaban J connectivity index is 2.77. The maximum atomic E-state index is 12.2. The molecule has 0 radical (unpaired) electrons. The lowest BCUT2D eigenvalue weighted by Gasteiger charge is -2.15. The van der Waals surface area contributed by atoms with Gasteiger partial charge in [0.25, 0.3) is 0 Å². The molecule has 112 valence electrons. The van der Waals surface area contributed by atoms with Crippen molar-refractivity contribution in [1.29, 1.82) is 0 Å². The first-order valence-electron chi connectivity index (χ1n) is 6.32. The largest absolute Gasteiger partial charge is 0.289 e. The number of ketones is 1. The minimum Gasteiger partial charge on any atom is -0.289 e. The van der Waals surface area contributed by atoms with Crippen LogP contribution in [0.3, 0.4) is 0 Å². The zero-order valence-corrected chi connectivity index (χ0v) is 14.2. The maximum Gasteiger partial charge on any atom is 0.184 e. The fourth-order valence-electron chi connectivity index (χ4n) is 1.82. The Morgan fingerprint density at radius 1 is 0.762 bits per heavy atom. The van der Waals surface area contributed by atoms with Gasteiger partial charge in [0.15, 0.2) is 5.78 Å². The van der Waals surface area contributed by atoms with Crippen LogP contribution in [0.25, 0.3) is 0 Å². The fraction of sp³-hybridized carbons (Fsp3) is 0.188. The summed E-state index contributed by atoms with van der Waals surface area (Å²) in [4.78, 5) is 12.2. The lowest BCUT2D eigenvalue weighted by atomic mass is 9.88. The zero-order valence-electron chi connectivity index (χ0n) is 11.2. The van der Waals surface area contributed by atoms with Gasteiger partial charge in [-0.25, -0.2) is 0 Å². The van der Waals surface area contributed by atoms with Gasteiger partial charge in [0, 0.05) is 0 Å². The standard InChI is InChI=1S/C16H14Cl4O/c17-14(18)10-3-1-6-12-8-5-9-13(16(12)21)7-2-4-11-15(19)20/h1-4,6-7,10-11H,5,8-9H2. The third-order valence-corrected chi connectivity index (χ3v) is 3.24. The SMILES string of the molecule is O=C1C(=CC=CC=C(Cl)Cl)CCCC1=CC=CC=C(Cl)Cl. The van der Waals surface area contributed by atoms with Gasteiger partial charge >= 0.3 is 0 Å². The number of Topliss-reactive ketones (excluding diaryl/α,β-unsaturated/α-hetero) is 1. The first-order valence-corrected chi connectivity index (χ1v) is 7.83. The molecule has 1 rings (SSSR count). The van der Waals surface area contributed by atoms with Crippen LogP contribution in [0, 0.1) is 0 Å². The molecule has 1 aliphatic carbocycles. The molecule has 0 aromatic rings. The van der Waals surface area contributed by atoms with E-state index in [1.54, 1.807) is 48.6 Å². The molecule has 0 heterocycles. The molecule has 1 fully saturated rings. The monoisotopic (exact) mass is 362 g/mol. The summed E-state index contributed by atoms with van der Waals surface area (Å²) >= 11 is 22.0. The minimum absolute atomic E-state index is 0.0671. The van der Waals surface area contributed by atoms with E-state index in [0.29, 0.717) is 0 Å². The average molecular weight is 364 g/mol. The first kappa shape index (κ1) is 18.3. The third kappa shape index (κ3) is 7.73. The van der Waals surface area contributed by atoms with E-state index in [1.807, 2.05) is 0 Å². The van der Waals surface area contributed by atoms with Gasteiger partial charge in [-0.1, -0.05) is 82.9 Å². The summed E-state index contributed by atoms with van der Waals surface area (Å²) in [5.41, 5.74) is 1.56. The van der Waals surface area contributed by atoms with Crippen LogP contribution in [0.5, 0.6) is 0 Å². The molecule has 0 aromatic heterocycles. The number of halogens is 4. The number of hydrogen-bond acceptors (Lipinski definition) is 1. The highest BCUT2D eigenvalue weighted by atomic mass is 35.5. The molecule has 0 unspecified atom stereocenters. The molecular formula is C16H14Cl4O. The van der Waals surface area contributed by atoms with Crippen molar-refractivity contribution < 1.29 is 4.79 Å². The van der Waals surface area contributed by atoms with E-state index in [9.17, 15) is 4.79 Å². The summed E-state index contributed by atoms with van der Waals surface area (Å²) in [5.74, 6) is 0.0671. The van der Waals surface area contributed by atoms with E-state index in [1.165, 1.54) is 0 Å². The quantitative estimate of drug-likeness (QED) is 0.420. The van der Waals surface area contributed by atoms with Crippen LogP contribution in [0.4, 0.5) is 0 Å². The molecule has 5 heteroatoms. The number of hydrogen-bond donors (Lipinski definition) is 0. The van der Waals surface area contributed by atoms with Gasteiger partial charge in [0.2, 0.25) is 0 Å². The van der Waals surface area contributed by atoms with E-state index in [0.717, 1.165) is 30.4 Å². The summed E-state index contributed by atoms with van der Waals surface area (Å²) in [6.07, 6.45) is 16.1. The Kier molecular flexibility index (Phi) is 8.79. The molecule has 0 bridgehead atoms. The van der Waals surface area contributed by atoms with Crippen molar-refractivity contribution in [2.45, 2.75) is 19.3 Å². The molecule has 0 atom stereocenters. The molecule has 1 nitrogen and oxygen atoms in total. The molecule has 1 aliphatic rings. The van der Waals surface area contributed by atoms with E-state index in [2.05, 4.69) is 0 Å². The Morgan fingerprint density at radius 3 is 1.57 bits per heavy atom. The van der Waals surface area contributed by atoms with Gasteiger partial charge in [0.05, 0.1) is 0 Å². The van der Waals surface area contributed by atoms with Gasteiger partial charge in [0.1, 0.15) is 8.98 Å². The predicted octanol–water partition coefficient (Wildman–Crippen LogP) is 6.34. The summed E-state index contributed by atoms with van der Waals surface area (Å²) in [6.45, 7) is 0. The first-order chi connectivity index (χ1) is 10.0. The smallest absolute Gasteiger partial charge is 0.184 e. The van der Waals surface area contributed by atoms with Crippen molar-refractivity contribution >= 4 is 52.2 Å². The average Bonchev–Trinajstić information content (AvgIpc) is 2.42. The van der Waals surface area contributed by atoms with Crippen LogP contribution in [-0.4, -0.2) is 5.78 Å². The zero-order chi connectivity index (χ0) is 15.7. The van der Waals surface area contributed by atoms with Crippen molar-refractivity contribution in [3.8, 4) is 0 Å². The van der Waals surface area contributed by atoms with Crippen LogP contribution < -0.4 is 0 Å². The van der Waals surface area contributed by atoms with Crippen LogP contribution in [0.1, 0.15) is 19.3 Å². The van der Waals surface area contributed by atoms with E-state index < -0.39 is 0 Å². The third-order valence-electron chi connectivity index (χ3n) is 2.74. The summed E-state index contributed by atoms with van der Waals surface area (Å²) in [5, 5.41) is 0. The fourth-order valence-corrected chi connectivity index (χ4v) is 2.11. The van der Waals surface area contributed by atoms with E-state index in [4.69, 9.17) is 46.4 Å². The molecule has 0 saturated heterocycles.